The molecular weight excluding hydrogens is 304 g/mol. The van der Waals surface area contributed by atoms with Crippen LogP contribution in [0.5, 0.6) is 0 Å². The molecule has 0 aliphatic rings. The van der Waals surface area contributed by atoms with Gasteiger partial charge < -0.3 is 10.5 Å². The number of halogens is 1. The van der Waals surface area contributed by atoms with Crippen molar-refractivity contribution >= 4 is 33.3 Å². The summed E-state index contributed by atoms with van der Waals surface area (Å²) in [5.74, 6) is -0.637. The number of esters is 1. The number of nitrogens with two attached hydrogens (primary N) is 1. The van der Waals surface area contributed by atoms with Crippen LogP contribution >= 0.6 is 11.6 Å². The minimum absolute atomic E-state index is 0.0603. The summed E-state index contributed by atoms with van der Waals surface area (Å²) in [5.41, 5.74) is 5.87. The average Bonchev–Trinajstić information content (AvgIpc) is 2.40. The van der Waals surface area contributed by atoms with E-state index in [1.165, 1.54) is 25.3 Å². The van der Waals surface area contributed by atoms with E-state index < -0.39 is 16.0 Å². The lowest BCUT2D eigenvalue weighted by Gasteiger charge is -2.21. The first kappa shape index (κ1) is 16.7. The molecule has 1 aromatic carbocycles. The van der Waals surface area contributed by atoms with Gasteiger partial charge in [0, 0.05) is 12.2 Å². The van der Waals surface area contributed by atoms with Crippen molar-refractivity contribution < 1.29 is 17.9 Å². The lowest BCUT2D eigenvalue weighted by atomic mass is 10.3. The van der Waals surface area contributed by atoms with Crippen molar-refractivity contribution in [3.8, 4) is 0 Å². The summed E-state index contributed by atoms with van der Waals surface area (Å²) in [6, 6.07) is 4.19. The Kier molecular flexibility index (Phi) is 5.79. The minimum Gasteiger partial charge on any atom is -0.468 e. The largest absolute Gasteiger partial charge is 0.468 e. The van der Waals surface area contributed by atoms with Crippen LogP contribution in [-0.2, 0) is 19.6 Å². The molecule has 0 bridgehead atoms. The van der Waals surface area contributed by atoms with Crippen LogP contribution in [0.4, 0.5) is 5.69 Å². The topological polar surface area (TPSA) is 89.7 Å². The smallest absolute Gasteiger partial charge is 0.321 e. The molecule has 0 aliphatic carbocycles. The quantitative estimate of drug-likeness (QED) is 0.633. The number of sulfonamides is 1. The fourth-order valence-electron chi connectivity index (χ4n) is 1.60. The van der Waals surface area contributed by atoms with Crippen LogP contribution < -0.4 is 5.73 Å². The van der Waals surface area contributed by atoms with E-state index in [0.29, 0.717) is 6.42 Å². The second-order valence-electron chi connectivity index (χ2n) is 4.10. The zero-order valence-electron chi connectivity index (χ0n) is 11.3. The van der Waals surface area contributed by atoms with E-state index in [1.807, 2.05) is 0 Å². The Balaban J connectivity index is 3.22. The monoisotopic (exact) mass is 320 g/mol. The number of anilines is 1. The highest BCUT2D eigenvalue weighted by Crippen LogP contribution is 2.26. The Hall–Kier alpha value is -1.31. The van der Waals surface area contributed by atoms with Gasteiger partial charge in [-0.05, 0) is 24.6 Å². The maximum absolute atomic E-state index is 12.5. The summed E-state index contributed by atoms with van der Waals surface area (Å²) in [4.78, 5) is 11.2. The molecule has 0 spiro atoms. The van der Waals surface area contributed by atoms with Crippen LogP contribution in [0.15, 0.2) is 23.1 Å². The molecule has 8 heteroatoms. The van der Waals surface area contributed by atoms with Gasteiger partial charge in [0.15, 0.2) is 0 Å². The fourth-order valence-corrected chi connectivity index (χ4v) is 3.58. The number of ether oxygens (including phenoxy) is 1. The number of benzene rings is 1. The van der Waals surface area contributed by atoms with Crippen LogP contribution in [0.2, 0.25) is 5.02 Å². The van der Waals surface area contributed by atoms with Gasteiger partial charge in [0.05, 0.1) is 12.1 Å². The van der Waals surface area contributed by atoms with E-state index in [2.05, 4.69) is 4.74 Å². The van der Waals surface area contributed by atoms with Crippen LogP contribution in [-0.4, -0.2) is 38.9 Å². The van der Waals surface area contributed by atoms with Gasteiger partial charge in [0.1, 0.15) is 11.4 Å². The van der Waals surface area contributed by atoms with Gasteiger partial charge >= 0.3 is 5.97 Å². The van der Waals surface area contributed by atoms with Gasteiger partial charge in [-0.2, -0.15) is 4.31 Å². The zero-order chi connectivity index (χ0) is 15.3. The molecule has 0 amide bonds. The molecule has 0 aromatic heterocycles. The van der Waals surface area contributed by atoms with E-state index in [0.717, 1.165) is 4.31 Å². The predicted molar refractivity (Wildman–Crippen MR) is 76.9 cm³/mol. The highest BCUT2D eigenvalue weighted by atomic mass is 35.5. The lowest BCUT2D eigenvalue weighted by Crippen LogP contribution is -2.37. The molecule has 0 aliphatic heterocycles. The molecule has 0 saturated carbocycles. The first-order valence-electron chi connectivity index (χ1n) is 5.95. The van der Waals surface area contributed by atoms with Gasteiger partial charge in [0.2, 0.25) is 10.0 Å². The van der Waals surface area contributed by atoms with Gasteiger partial charge in [0.25, 0.3) is 0 Å². The Morgan fingerprint density at radius 1 is 1.45 bits per heavy atom. The Morgan fingerprint density at radius 3 is 2.65 bits per heavy atom. The number of rotatable bonds is 6. The first-order valence-corrected chi connectivity index (χ1v) is 7.76. The fraction of sp³-hybridized carbons (Fsp3) is 0.417. The number of nitrogens with zero attached hydrogens (tertiary/aromatic N) is 1. The maximum atomic E-state index is 12.5. The van der Waals surface area contributed by atoms with Crippen molar-refractivity contribution in [3.63, 3.8) is 0 Å². The van der Waals surface area contributed by atoms with Crippen molar-refractivity contribution in [2.75, 3.05) is 25.9 Å². The third-order valence-corrected chi connectivity index (χ3v) is 4.91. The van der Waals surface area contributed by atoms with Crippen molar-refractivity contribution in [3.05, 3.63) is 23.2 Å². The maximum Gasteiger partial charge on any atom is 0.321 e. The predicted octanol–water partition coefficient (Wildman–Crippen LogP) is 1.50. The zero-order valence-corrected chi connectivity index (χ0v) is 12.9. The van der Waals surface area contributed by atoms with Crippen molar-refractivity contribution in [2.45, 2.75) is 18.2 Å². The molecule has 0 saturated heterocycles. The number of methoxy groups -OCH3 is 1. The van der Waals surface area contributed by atoms with E-state index >= 15 is 0 Å². The third-order valence-electron chi connectivity index (χ3n) is 2.58. The third kappa shape index (κ3) is 3.84. The van der Waals surface area contributed by atoms with E-state index in [4.69, 9.17) is 17.3 Å². The second kappa shape index (κ2) is 6.92. The molecule has 20 heavy (non-hydrogen) atoms. The lowest BCUT2D eigenvalue weighted by molar-refractivity contribution is -0.140. The van der Waals surface area contributed by atoms with Crippen LogP contribution in [0.3, 0.4) is 0 Å². The van der Waals surface area contributed by atoms with Gasteiger partial charge in [-0.3, -0.25) is 4.79 Å². The molecule has 112 valence electrons. The summed E-state index contributed by atoms with van der Waals surface area (Å²) >= 11 is 5.92. The number of carbonyl (C=O) groups excluding carboxylic acids is 1. The summed E-state index contributed by atoms with van der Waals surface area (Å²) in [5, 5.41) is 0.0603. The summed E-state index contributed by atoms with van der Waals surface area (Å²) in [6.07, 6.45) is 0.552. The van der Waals surface area contributed by atoms with Crippen molar-refractivity contribution in [1.29, 1.82) is 0 Å². The molecule has 0 unspecified atom stereocenters. The molecular formula is C12H17ClN2O4S. The standard InChI is InChI=1S/C12H17ClN2O4S/c1-3-6-15(8-12(16)19-2)20(17,18)11-7-9(14)4-5-10(11)13/h4-5,7H,3,6,8,14H2,1-2H3. The van der Waals surface area contributed by atoms with Crippen LogP contribution in [0.25, 0.3) is 0 Å². The van der Waals surface area contributed by atoms with Crippen LogP contribution in [0.1, 0.15) is 13.3 Å². The summed E-state index contributed by atoms with van der Waals surface area (Å²) in [7, 11) is -2.70. The second-order valence-corrected chi connectivity index (χ2v) is 6.42. The van der Waals surface area contributed by atoms with Gasteiger partial charge in [-0.15, -0.1) is 0 Å². The Bertz CT molecular complexity index is 589. The highest BCUT2D eigenvalue weighted by molar-refractivity contribution is 7.89. The normalized spacial score (nSPS) is 11.6. The highest BCUT2D eigenvalue weighted by Gasteiger charge is 2.28. The SMILES string of the molecule is CCCN(CC(=O)OC)S(=O)(=O)c1cc(N)ccc1Cl. The summed E-state index contributed by atoms with van der Waals surface area (Å²) in [6.45, 7) is 1.63. The average molecular weight is 321 g/mol. The molecule has 2 N–H and O–H groups in total. The van der Waals surface area contributed by atoms with E-state index in [1.54, 1.807) is 6.92 Å². The minimum atomic E-state index is -3.90. The molecule has 6 nitrogen and oxygen atoms in total. The van der Waals surface area contributed by atoms with Crippen molar-refractivity contribution in [1.82, 2.24) is 4.31 Å². The molecule has 0 atom stereocenters. The number of hydrogen-bond donors (Lipinski definition) is 1. The summed E-state index contributed by atoms with van der Waals surface area (Å²) < 4.78 is 30.6. The molecule has 0 radical (unpaired) electrons. The van der Waals surface area contributed by atoms with Crippen molar-refractivity contribution in [2.24, 2.45) is 0 Å². The number of hydrogen-bond acceptors (Lipinski definition) is 5. The molecule has 0 fully saturated rings. The molecule has 1 aromatic rings. The van der Waals surface area contributed by atoms with Gasteiger partial charge in [-0.1, -0.05) is 18.5 Å². The Labute approximate surface area is 123 Å². The molecule has 1 rings (SSSR count). The Morgan fingerprint density at radius 2 is 2.10 bits per heavy atom. The number of carbonyl (C=O) groups is 1. The van der Waals surface area contributed by atoms with E-state index in [9.17, 15) is 13.2 Å². The van der Waals surface area contributed by atoms with Crippen LogP contribution in [0, 0.1) is 0 Å². The first-order chi connectivity index (χ1) is 9.32. The molecule has 0 heterocycles. The number of nitrogen functional groups attached to an aromatic ring is 1. The van der Waals surface area contributed by atoms with E-state index in [-0.39, 0.29) is 28.7 Å². The van der Waals surface area contributed by atoms with Gasteiger partial charge in [-0.25, -0.2) is 8.42 Å².